The van der Waals surface area contributed by atoms with E-state index >= 15 is 0 Å². The van der Waals surface area contributed by atoms with Gasteiger partial charge in [-0.05, 0) is 37.0 Å². The van der Waals surface area contributed by atoms with Crippen molar-refractivity contribution in [3.8, 4) is 5.75 Å². The Hall–Kier alpha value is -2.16. The lowest BCUT2D eigenvalue weighted by Crippen LogP contribution is -2.25. The van der Waals surface area contributed by atoms with Crippen molar-refractivity contribution in [2.24, 2.45) is 0 Å². The lowest BCUT2D eigenvalue weighted by Gasteiger charge is -2.26. The van der Waals surface area contributed by atoms with Crippen LogP contribution in [0.1, 0.15) is 41.5 Å². The third kappa shape index (κ3) is 2.04. The van der Waals surface area contributed by atoms with E-state index in [0.717, 1.165) is 36.3 Å². The van der Waals surface area contributed by atoms with Crippen LogP contribution >= 0.6 is 0 Å². The average Bonchev–Trinajstić information content (AvgIpc) is 2.98. The van der Waals surface area contributed by atoms with Crippen molar-refractivity contribution in [1.82, 2.24) is 4.98 Å². The first-order valence-corrected chi connectivity index (χ1v) is 7.54. The molecule has 0 bridgehead atoms. The van der Waals surface area contributed by atoms with Gasteiger partial charge in [0.15, 0.2) is 0 Å². The predicted molar refractivity (Wildman–Crippen MR) is 79.6 cm³/mol. The lowest BCUT2D eigenvalue weighted by atomic mass is 9.82. The minimum Gasteiger partial charge on any atom is -0.493 e. The Morgan fingerprint density at radius 3 is 2.95 bits per heavy atom. The van der Waals surface area contributed by atoms with E-state index in [-0.39, 0.29) is 11.8 Å². The molecule has 0 saturated heterocycles. The number of nitrogens with zero attached hydrogens (tertiary/aromatic N) is 1. The van der Waals surface area contributed by atoms with Crippen LogP contribution in [-0.2, 0) is 11.2 Å². The number of pyridine rings is 1. The zero-order valence-electron chi connectivity index (χ0n) is 11.8. The van der Waals surface area contributed by atoms with Crippen LogP contribution < -0.4 is 4.74 Å². The maximum Gasteiger partial charge on any atom is 0.149 e. The number of ketones is 1. The van der Waals surface area contributed by atoms with Crippen molar-refractivity contribution in [3.63, 3.8) is 0 Å². The molecule has 1 aromatic carbocycles. The van der Waals surface area contributed by atoms with Crippen LogP contribution in [0.5, 0.6) is 5.75 Å². The van der Waals surface area contributed by atoms with Gasteiger partial charge in [0.2, 0.25) is 0 Å². The number of benzene rings is 1. The van der Waals surface area contributed by atoms with Gasteiger partial charge in [-0.15, -0.1) is 0 Å². The second-order valence-corrected chi connectivity index (χ2v) is 5.77. The van der Waals surface area contributed by atoms with Crippen LogP contribution in [0.25, 0.3) is 0 Å². The molecule has 2 unspecified atom stereocenters. The van der Waals surface area contributed by atoms with Gasteiger partial charge in [0, 0.05) is 11.8 Å². The molecule has 1 aliphatic carbocycles. The third-order valence-electron chi connectivity index (χ3n) is 4.60. The average molecular weight is 279 g/mol. The van der Waals surface area contributed by atoms with E-state index in [1.807, 2.05) is 30.3 Å². The number of hydrogen-bond acceptors (Lipinski definition) is 3. The van der Waals surface area contributed by atoms with Crippen LogP contribution in [-0.4, -0.2) is 17.4 Å². The fourth-order valence-corrected chi connectivity index (χ4v) is 3.57. The van der Waals surface area contributed by atoms with Gasteiger partial charge in [0.25, 0.3) is 0 Å². The number of para-hydroxylation sites is 1. The standard InChI is InChI=1S/C18H17NO2/c20-18(15-8-7-12-4-3-10-19-17(12)15)14-9-11-21-16-6-2-1-5-13(14)16/h1-6,10,14-15H,7-9,11H2. The molecule has 0 radical (unpaired) electrons. The highest BCUT2D eigenvalue weighted by Crippen LogP contribution is 2.41. The number of fused-ring (bicyclic) bond motifs is 2. The Labute approximate surface area is 124 Å². The summed E-state index contributed by atoms with van der Waals surface area (Å²) < 4.78 is 5.67. The first-order chi connectivity index (χ1) is 10.3. The molecule has 2 aliphatic rings. The van der Waals surface area contributed by atoms with Crippen molar-refractivity contribution in [2.45, 2.75) is 31.1 Å². The van der Waals surface area contributed by atoms with Crippen LogP contribution in [0.2, 0.25) is 0 Å². The van der Waals surface area contributed by atoms with Gasteiger partial charge in [0.1, 0.15) is 11.5 Å². The molecule has 3 nitrogen and oxygen atoms in total. The molecular weight excluding hydrogens is 262 g/mol. The summed E-state index contributed by atoms with van der Waals surface area (Å²) in [5.74, 6) is 1.08. The molecule has 0 amide bonds. The molecule has 2 aromatic rings. The van der Waals surface area contributed by atoms with Gasteiger partial charge in [0.05, 0.1) is 24.1 Å². The van der Waals surface area contributed by atoms with Crippen molar-refractivity contribution in [1.29, 1.82) is 0 Å². The molecular formula is C18H17NO2. The molecule has 3 heteroatoms. The molecule has 0 N–H and O–H groups in total. The van der Waals surface area contributed by atoms with Gasteiger partial charge in [-0.2, -0.15) is 0 Å². The number of hydrogen-bond donors (Lipinski definition) is 0. The number of rotatable bonds is 2. The Balaban J connectivity index is 1.68. The summed E-state index contributed by atoms with van der Waals surface area (Å²) >= 11 is 0. The highest BCUT2D eigenvalue weighted by molar-refractivity contribution is 5.93. The molecule has 2 heterocycles. The van der Waals surface area contributed by atoms with E-state index in [0.29, 0.717) is 12.4 Å². The highest BCUT2D eigenvalue weighted by Gasteiger charge is 2.36. The minimum absolute atomic E-state index is 0.0441. The maximum absolute atomic E-state index is 13.0. The van der Waals surface area contributed by atoms with Gasteiger partial charge in [-0.25, -0.2) is 0 Å². The van der Waals surface area contributed by atoms with Gasteiger partial charge in [-0.3, -0.25) is 9.78 Å². The number of Topliss-reactive ketones (excluding diaryl/α,β-unsaturated/α-hetero) is 1. The Kier molecular flexibility index (Phi) is 2.99. The summed E-state index contributed by atoms with van der Waals surface area (Å²) in [4.78, 5) is 17.5. The van der Waals surface area contributed by atoms with E-state index in [4.69, 9.17) is 4.74 Å². The van der Waals surface area contributed by atoms with E-state index < -0.39 is 0 Å². The zero-order valence-corrected chi connectivity index (χ0v) is 11.8. The summed E-state index contributed by atoms with van der Waals surface area (Å²) in [6.07, 6.45) is 4.42. The van der Waals surface area contributed by atoms with Crippen LogP contribution in [0.3, 0.4) is 0 Å². The third-order valence-corrected chi connectivity index (χ3v) is 4.60. The van der Waals surface area contributed by atoms with Crippen LogP contribution in [0.15, 0.2) is 42.6 Å². The second kappa shape index (κ2) is 4.99. The monoisotopic (exact) mass is 279 g/mol. The predicted octanol–water partition coefficient (Wildman–Crippen LogP) is 3.25. The zero-order chi connectivity index (χ0) is 14.2. The molecule has 21 heavy (non-hydrogen) atoms. The number of carbonyl (C=O) groups is 1. The van der Waals surface area contributed by atoms with E-state index in [1.165, 1.54) is 5.56 Å². The molecule has 1 aliphatic heterocycles. The molecule has 0 saturated carbocycles. The normalized spacial score (nSPS) is 23.0. The van der Waals surface area contributed by atoms with Crippen LogP contribution in [0.4, 0.5) is 0 Å². The van der Waals surface area contributed by atoms with E-state index in [9.17, 15) is 4.79 Å². The van der Waals surface area contributed by atoms with Crippen molar-refractivity contribution in [3.05, 3.63) is 59.4 Å². The molecule has 1 aromatic heterocycles. The number of aromatic nitrogens is 1. The smallest absolute Gasteiger partial charge is 0.149 e. The van der Waals surface area contributed by atoms with E-state index in [2.05, 4.69) is 11.1 Å². The minimum atomic E-state index is -0.0482. The molecule has 4 rings (SSSR count). The fraction of sp³-hybridized carbons (Fsp3) is 0.333. The van der Waals surface area contributed by atoms with Gasteiger partial charge >= 0.3 is 0 Å². The summed E-state index contributed by atoms with van der Waals surface area (Å²) in [7, 11) is 0. The summed E-state index contributed by atoms with van der Waals surface area (Å²) in [5, 5.41) is 0. The second-order valence-electron chi connectivity index (χ2n) is 5.77. The maximum atomic E-state index is 13.0. The highest BCUT2D eigenvalue weighted by atomic mass is 16.5. The summed E-state index contributed by atoms with van der Waals surface area (Å²) in [6, 6.07) is 12.0. The SMILES string of the molecule is O=C(C1CCOc2ccccc21)C1CCc2cccnc21. The first kappa shape index (κ1) is 12.6. The molecule has 0 fully saturated rings. The lowest BCUT2D eigenvalue weighted by molar-refractivity contribution is -0.122. The van der Waals surface area contributed by atoms with Crippen molar-refractivity contribution in [2.75, 3.05) is 6.61 Å². The van der Waals surface area contributed by atoms with Crippen LogP contribution in [0, 0.1) is 0 Å². The Bertz CT molecular complexity index is 695. The number of ether oxygens (including phenoxy) is 1. The molecule has 0 spiro atoms. The first-order valence-electron chi connectivity index (χ1n) is 7.54. The fourth-order valence-electron chi connectivity index (χ4n) is 3.57. The Morgan fingerprint density at radius 2 is 2.00 bits per heavy atom. The summed E-state index contributed by atoms with van der Waals surface area (Å²) in [6.45, 7) is 0.620. The van der Waals surface area contributed by atoms with Gasteiger partial charge in [-0.1, -0.05) is 24.3 Å². The molecule has 2 atom stereocenters. The quantitative estimate of drug-likeness (QED) is 0.847. The summed E-state index contributed by atoms with van der Waals surface area (Å²) in [5.41, 5.74) is 3.26. The number of carbonyl (C=O) groups excluding carboxylic acids is 1. The largest absolute Gasteiger partial charge is 0.493 e. The topological polar surface area (TPSA) is 39.2 Å². The number of aryl methyl sites for hydroxylation is 1. The Morgan fingerprint density at radius 1 is 1.10 bits per heavy atom. The molecule has 106 valence electrons. The van der Waals surface area contributed by atoms with Crippen molar-refractivity contribution < 1.29 is 9.53 Å². The van der Waals surface area contributed by atoms with E-state index in [1.54, 1.807) is 6.20 Å². The van der Waals surface area contributed by atoms with Crippen molar-refractivity contribution >= 4 is 5.78 Å². The van der Waals surface area contributed by atoms with Gasteiger partial charge < -0.3 is 4.74 Å².